The summed E-state index contributed by atoms with van der Waals surface area (Å²) < 4.78 is 0. The molecule has 0 heterocycles. The number of allylic oxidation sites excluding steroid dienone is 4. The zero-order valence-corrected chi connectivity index (χ0v) is 8.30. The minimum atomic E-state index is 0.566. The van der Waals surface area contributed by atoms with E-state index in [0.29, 0.717) is 5.92 Å². The van der Waals surface area contributed by atoms with Crippen molar-refractivity contribution >= 4 is 0 Å². The lowest BCUT2D eigenvalue weighted by atomic mass is 10.0. The van der Waals surface area contributed by atoms with Crippen molar-refractivity contribution in [1.29, 1.82) is 0 Å². The first-order valence-corrected chi connectivity index (χ1v) is 4.36. The molecule has 0 aromatic carbocycles. The molecule has 0 bridgehead atoms. The molecule has 0 saturated carbocycles. The topological polar surface area (TPSA) is 12.0 Å². The van der Waals surface area contributed by atoms with Crippen LogP contribution in [0.15, 0.2) is 36.5 Å². The van der Waals surface area contributed by atoms with Crippen LogP contribution in [0, 0.1) is 5.92 Å². The molecule has 1 unspecified atom stereocenters. The monoisotopic (exact) mass is 165 g/mol. The lowest BCUT2D eigenvalue weighted by molar-refractivity contribution is 0.629. The summed E-state index contributed by atoms with van der Waals surface area (Å²) in [5.74, 6) is 0.566. The van der Waals surface area contributed by atoms with Crippen LogP contribution in [0.1, 0.15) is 13.8 Å². The third-order valence-electron chi connectivity index (χ3n) is 1.84. The Bertz CT molecular complexity index is 177. The second kappa shape index (κ2) is 6.86. The zero-order chi connectivity index (χ0) is 9.40. The van der Waals surface area contributed by atoms with Crippen molar-refractivity contribution in [3.05, 3.63) is 36.5 Å². The molecule has 68 valence electrons. The van der Waals surface area contributed by atoms with E-state index in [1.165, 1.54) is 5.57 Å². The first-order valence-electron chi connectivity index (χ1n) is 4.36. The molecule has 0 aromatic rings. The van der Waals surface area contributed by atoms with E-state index in [1.807, 2.05) is 13.1 Å². The van der Waals surface area contributed by atoms with E-state index in [2.05, 4.69) is 37.9 Å². The lowest BCUT2D eigenvalue weighted by Crippen LogP contribution is -2.17. The highest BCUT2D eigenvalue weighted by Crippen LogP contribution is 2.10. The first kappa shape index (κ1) is 11.2. The van der Waals surface area contributed by atoms with Crippen LogP contribution in [-0.4, -0.2) is 13.6 Å². The van der Waals surface area contributed by atoms with Crippen molar-refractivity contribution in [2.45, 2.75) is 13.8 Å². The lowest BCUT2D eigenvalue weighted by Gasteiger charge is -2.11. The summed E-state index contributed by atoms with van der Waals surface area (Å²) in [5, 5.41) is 3.16. The molecular formula is C11H19N. The number of rotatable bonds is 5. The van der Waals surface area contributed by atoms with Crippen LogP contribution in [0.5, 0.6) is 0 Å². The van der Waals surface area contributed by atoms with Gasteiger partial charge in [-0.2, -0.15) is 0 Å². The highest BCUT2D eigenvalue weighted by molar-refractivity contribution is 5.23. The van der Waals surface area contributed by atoms with Crippen molar-refractivity contribution < 1.29 is 0 Å². The molecule has 1 heteroatoms. The molecule has 0 spiro atoms. The molecule has 0 aliphatic heterocycles. The Morgan fingerprint density at radius 3 is 2.67 bits per heavy atom. The van der Waals surface area contributed by atoms with Gasteiger partial charge < -0.3 is 5.32 Å². The predicted octanol–water partition coefficient (Wildman–Crippen LogP) is 2.53. The standard InChI is InChI=1S/C11H19N/c1-5-7-8-11(6-2)10(3)9-12-4/h5-8,10,12H,1,9H2,2-4H3/b8-7-,11-6+. The molecule has 1 nitrogen and oxygen atoms in total. The predicted molar refractivity (Wildman–Crippen MR) is 56.2 cm³/mol. The third kappa shape index (κ3) is 4.14. The summed E-state index contributed by atoms with van der Waals surface area (Å²) in [5.41, 5.74) is 1.35. The van der Waals surface area contributed by atoms with E-state index in [-0.39, 0.29) is 0 Å². The van der Waals surface area contributed by atoms with Gasteiger partial charge in [0.25, 0.3) is 0 Å². The van der Waals surface area contributed by atoms with Crippen molar-refractivity contribution in [2.75, 3.05) is 13.6 Å². The van der Waals surface area contributed by atoms with E-state index in [1.54, 1.807) is 6.08 Å². The second-order valence-electron chi connectivity index (χ2n) is 2.84. The van der Waals surface area contributed by atoms with Gasteiger partial charge in [0.1, 0.15) is 0 Å². The fourth-order valence-electron chi connectivity index (χ4n) is 1.15. The highest BCUT2D eigenvalue weighted by Gasteiger charge is 2.02. The molecule has 0 aliphatic carbocycles. The smallest absolute Gasteiger partial charge is 0.00143 e. The van der Waals surface area contributed by atoms with Gasteiger partial charge >= 0.3 is 0 Å². The summed E-state index contributed by atoms with van der Waals surface area (Å²) in [6.07, 6.45) is 8.02. The van der Waals surface area contributed by atoms with Crippen LogP contribution in [0.3, 0.4) is 0 Å². The van der Waals surface area contributed by atoms with Gasteiger partial charge in [0.05, 0.1) is 0 Å². The zero-order valence-electron chi connectivity index (χ0n) is 8.30. The molecule has 0 fully saturated rings. The Morgan fingerprint density at radius 1 is 1.58 bits per heavy atom. The normalized spacial score (nSPS) is 15.1. The summed E-state index contributed by atoms with van der Waals surface area (Å²) in [4.78, 5) is 0. The largest absolute Gasteiger partial charge is 0.319 e. The summed E-state index contributed by atoms with van der Waals surface area (Å²) in [6, 6.07) is 0. The molecule has 1 N–H and O–H groups in total. The summed E-state index contributed by atoms with van der Waals surface area (Å²) >= 11 is 0. The van der Waals surface area contributed by atoms with Crippen LogP contribution >= 0.6 is 0 Å². The van der Waals surface area contributed by atoms with E-state index in [0.717, 1.165) is 6.54 Å². The Morgan fingerprint density at radius 2 is 2.25 bits per heavy atom. The minimum Gasteiger partial charge on any atom is -0.319 e. The van der Waals surface area contributed by atoms with Crippen molar-refractivity contribution in [2.24, 2.45) is 5.92 Å². The molecule has 0 radical (unpaired) electrons. The molecular weight excluding hydrogens is 146 g/mol. The van der Waals surface area contributed by atoms with Gasteiger partial charge in [-0.3, -0.25) is 0 Å². The second-order valence-corrected chi connectivity index (χ2v) is 2.84. The number of hydrogen-bond acceptors (Lipinski definition) is 1. The fourth-order valence-corrected chi connectivity index (χ4v) is 1.15. The molecule has 0 aliphatic rings. The third-order valence-corrected chi connectivity index (χ3v) is 1.84. The molecule has 1 atom stereocenters. The van der Waals surface area contributed by atoms with Crippen LogP contribution < -0.4 is 5.32 Å². The van der Waals surface area contributed by atoms with Gasteiger partial charge in [-0.15, -0.1) is 0 Å². The maximum Gasteiger partial charge on any atom is 0.00143 e. The molecule has 0 aromatic heterocycles. The van der Waals surface area contributed by atoms with Crippen LogP contribution in [-0.2, 0) is 0 Å². The minimum absolute atomic E-state index is 0.566. The van der Waals surface area contributed by atoms with E-state index >= 15 is 0 Å². The average molecular weight is 165 g/mol. The summed E-state index contributed by atoms with van der Waals surface area (Å²) in [7, 11) is 1.97. The fraction of sp³-hybridized carbons (Fsp3) is 0.455. The van der Waals surface area contributed by atoms with Crippen molar-refractivity contribution in [3.8, 4) is 0 Å². The number of nitrogens with one attached hydrogen (secondary N) is 1. The molecule has 0 saturated heterocycles. The van der Waals surface area contributed by atoms with E-state index < -0.39 is 0 Å². The summed E-state index contributed by atoms with van der Waals surface area (Å²) in [6.45, 7) is 8.93. The highest BCUT2D eigenvalue weighted by atomic mass is 14.8. The molecule has 12 heavy (non-hydrogen) atoms. The first-order chi connectivity index (χ1) is 5.76. The van der Waals surface area contributed by atoms with Gasteiger partial charge in [0.2, 0.25) is 0 Å². The van der Waals surface area contributed by atoms with Crippen LogP contribution in [0.4, 0.5) is 0 Å². The van der Waals surface area contributed by atoms with Crippen LogP contribution in [0.2, 0.25) is 0 Å². The Balaban J connectivity index is 4.15. The maximum atomic E-state index is 3.64. The van der Waals surface area contributed by atoms with Gasteiger partial charge in [-0.05, 0) is 25.5 Å². The van der Waals surface area contributed by atoms with Crippen LogP contribution in [0.25, 0.3) is 0 Å². The number of hydrogen-bond donors (Lipinski definition) is 1. The SMILES string of the molecule is C=C/C=C\C(=C/C)C(C)CNC. The average Bonchev–Trinajstić information content (AvgIpc) is 2.06. The van der Waals surface area contributed by atoms with Crippen molar-refractivity contribution in [1.82, 2.24) is 5.32 Å². The molecule has 0 rings (SSSR count). The van der Waals surface area contributed by atoms with E-state index in [9.17, 15) is 0 Å². The molecule has 0 amide bonds. The van der Waals surface area contributed by atoms with Gasteiger partial charge in [0.15, 0.2) is 0 Å². The quantitative estimate of drug-likeness (QED) is 0.617. The Kier molecular flexibility index (Phi) is 6.39. The Hall–Kier alpha value is -0.820. The van der Waals surface area contributed by atoms with E-state index in [4.69, 9.17) is 0 Å². The van der Waals surface area contributed by atoms with Gasteiger partial charge in [-0.1, -0.05) is 37.8 Å². The van der Waals surface area contributed by atoms with Crippen molar-refractivity contribution in [3.63, 3.8) is 0 Å². The maximum absolute atomic E-state index is 3.64. The Labute approximate surface area is 75.9 Å². The van der Waals surface area contributed by atoms with Gasteiger partial charge in [0, 0.05) is 6.54 Å². The van der Waals surface area contributed by atoms with Gasteiger partial charge in [-0.25, -0.2) is 0 Å².